The lowest BCUT2D eigenvalue weighted by atomic mass is 10.3. The largest absolute Gasteiger partial charge is 0.351 e. The molecular weight excluding hydrogens is 256 g/mol. The third-order valence-electron chi connectivity index (χ3n) is 2.48. The Morgan fingerprint density at radius 1 is 1.28 bits per heavy atom. The summed E-state index contributed by atoms with van der Waals surface area (Å²) in [5, 5.41) is 11.2. The molecule has 0 fully saturated rings. The molecule has 6 nitrogen and oxygen atoms in total. The van der Waals surface area contributed by atoms with Crippen molar-refractivity contribution < 1.29 is 4.92 Å². The highest BCUT2D eigenvalue weighted by atomic mass is 35.5. The van der Waals surface area contributed by atoms with Crippen molar-refractivity contribution in [3.8, 4) is 0 Å². The smallest absolute Gasteiger partial charge is 0.332 e. The monoisotopic (exact) mass is 272 g/mol. The van der Waals surface area contributed by atoms with Gasteiger partial charge in [-0.05, 0) is 31.4 Å². The molecule has 1 aromatic heterocycles. The molecule has 0 unspecified atom stereocenters. The average Bonchev–Trinajstić information content (AvgIpc) is 2.26. The van der Waals surface area contributed by atoms with E-state index in [0.717, 1.165) is 12.8 Å². The topological polar surface area (TPSA) is 72.2 Å². The quantitative estimate of drug-likeness (QED) is 0.452. The van der Waals surface area contributed by atoms with Gasteiger partial charge in [0.05, 0.1) is 4.92 Å². The Balaban J connectivity index is 3.29. The molecule has 0 bridgehead atoms. The number of hydrogen-bond donors (Lipinski definition) is 0. The van der Waals surface area contributed by atoms with Gasteiger partial charge in [-0.2, -0.15) is 4.98 Å². The van der Waals surface area contributed by atoms with Gasteiger partial charge in [0.15, 0.2) is 0 Å². The average molecular weight is 273 g/mol. The van der Waals surface area contributed by atoms with E-state index in [1.807, 2.05) is 18.7 Å². The van der Waals surface area contributed by atoms with Crippen molar-refractivity contribution in [3.63, 3.8) is 0 Å². The highest BCUT2D eigenvalue weighted by Gasteiger charge is 2.25. The van der Waals surface area contributed by atoms with Crippen molar-refractivity contribution in [2.45, 2.75) is 33.6 Å². The minimum atomic E-state index is -0.445. The van der Waals surface area contributed by atoms with Gasteiger partial charge < -0.3 is 4.90 Å². The van der Waals surface area contributed by atoms with Crippen LogP contribution in [0.3, 0.4) is 0 Å². The maximum atomic E-state index is 11.1. The first-order chi connectivity index (χ1) is 8.51. The zero-order chi connectivity index (χ0) is 13.7. The van der Waals surface area contributed by atoms with Gasteiger partial charge in [-0.25, -0.2) is 4.98 Å². The Bertz CT molecular complexity index is 433. The Hall–Kier alpha value is -1.43. The van der Waals surface area contributed by atoms with Gasteiger partial charge in [0.25, 0.3) is 0 Å². The number of aromatic nitrogens is 2. The van der Waals surface area contributed by atoms with Crippen LogP contribution in [0.2, 0.25) is 5.28 Å². The van der Waals surface area contributed by atoms with E-state index in [9.17, 15) is 10.1 Å². The lowest BCUT2D eigenvalue weighted by Gasteiger charge is -2.22. The van der Waals surface area contributed by atoms with Crippen LogP contribution >= 0.6 is 11.6 Å². The molecule has 1 aromatic rings. The molecule has 0 amide bonds. The van der Waals surface area contributed by atoms with Gasteiger partial charge in [-0.3, -0.25) is 10.1 Å². The number of halogens is 1. The van der Waals surface area contributed by atoms with Crippen molar-refractivity contribution >= 4 is 23.1 Å². The molecule has 0 aliphatic heterocycles. The van der Waals surface area contributed by atoms with E-state index in [1.54, 1.807) is 6.92 Å². The summed E-state index contributed by atoms with van der Waals surface area (Å²) in [6.07, 6.45) is 1.77. The van der Waals surface area contributed by atoms with Crippen molar-refractivity contribution in [1.29, 1.82) is 0 Å². The predicted molar refractivity (Wildman–Crippen MR) is 71.2 cm³/mol. The summed E-state index contributed by atoms with van der Waals surface area (Å²) < 4.78 is 0. The normalized spacial score (nSPS) is 10.4. The third kappa shape index (κ3) is 3.29. The first-order valence-corrected chi connectivity index (χ1v) is 6.32. The van der Waals surface area contributed by atoms with Gasteiger partial charge in [-0.15, -0.1) is 0 Å². The Morgan fingerprint density at radius 2 is 1.83 bits per heavy atom. The Kier molecular flexibility index (Phi) is 5.27. The van der Waals surface area contributed by atoms with E-state index < -0.39 is 4.92 Å². The fourth-order valence-corrected chi connectivity index (χ4v) is 2.02. The number of nitrogens with zero attached hydrogens (tertiary/aromatic N) is 4. The van der Waals surface area contributed by atoms with Crippen LogP contribution in [0, 0.1) is 17.0 Å². The second kappa shape index (κ2) is 6.49. The molecule has 0 aromatic carbocycles. The Labute approximate surface area is 111 Å². The molecular formula is C11H17ClN4O2. The van der Waals surface area contributed by atoms with Gasteiger partial charge in [0.1, 0.15) is 5.69 Å². The summed E-state index contributed by atoms with van der Waals surface area (Å²) in [4.78, 5) is 20.4. The predicted octanol–water partition coefficient (Wildman–Crippen LogP) is 2.97. The first-order valence-electron chi connectivity index (χ1n) is 5.94. The summed E-state index contributed by atoms with van der Waals surface area (Å²) in [5.41, 5.74) is 0.244. The number of hydrogen-bond acceptors (Lipinski definition) is 5. The maximum absolute atomic E-state index is 11.1. The zero-order valence-corrected chi connectivity index (χ0v) is 11.6. The fourth-order valence-electron chi connectivity index (χ4n) is 1.82. The summed E-state index contributed by atoms with van der Waals surface area (Å²) >= 11 is 5.80. The lowest BCUT2D eigenvalue weighted by Crippen LogP contribution is -2.27. The van der Waals surface area contributed by atoms with E-state index in [4.69, 9.17) is 11.6 Å². The molecule has 100 valence electrons. The van der Waals surface area contributed by atoms with Crippen LogP contribution in [0.15, 0.2) is 0 Å². The maximum Gasteiger partial charge on any atom is 0.332 e. The highest BCUT2D eigenvalue weighted by molar-refractivity contribution is 6.28. The van der Waals surface area contributed by atoms with Crippen molar-refractivity contribution in [2.75, 3.05) is 18.0 Å². The standard InChI is InChI=1S/C11H17ClN4O2/c1-4-6-15(7-5-2)10-9(16(17)18)8(3)13-11(12)14-10/h4-7H2,1-3H3. The van der Waals surface area contributed by atoms with Crippen molar-refractivity contribution in [1.82, 2.24) is 9.97 Å². The van der Waals surface area contributed by atoms with Crippen LogP contribution < -0.4 is 4.90 Å². The molecule has 0 atom stereocenters. The first kappa shape index (κ1) is 14.6. The van der Waals surface area contributed by atoms with Crippen LogP contribution in [0.5, 0.6) is 0 Å². The Morgan fingerprint density at radius 3 is 2.28 bits per heavy atom. The van der Waals surface area contributed by atoms with Crippen LogP contribution in [0.4, 0.5) is 11.5 Å². The van der Waals surface area contributed by atoms with Gasteiger partial charge in [-0.1, -0.05) is 13.8 Å². The van der Waals surface area contributed by atoms with Crippen LogP contribution in [-0.2, 0) is 0 Å². The van der Waals surface area contributed by atoms with Crippen molar-refractivity contribution in [3.05, 3.63) is 21.1 Å². The molecule has 0 aliphatic rings. The molecule has 1 rings (SSSR count). The molecule has 7 heteroatoms. The SMILES string of the molecule is CCCN(CCC)c1nc(Cl)nc(C)c1[N+](=O)[O-]. The number of rotatable bonds is 6. The minimum absolute atomic E-state index is 0.0466. The third-order valence-corrected chi connectivity index (χ3v) is 2.65. The van der Waals surface area contributed by atoms with E-state index in [1.165, 1.54) is 0 Å². The zero-order valence-electron chi connectivity index (χ0n) is 10.8. The van der Waals surface area contributed by atoms with Crippen LogP contribution in [0.25, 0.3) is 0 Å². The number of aryl methyl sites for hydroxylation is 1. The second-order valence-electron chi connectivity index (χ2n) is 3.99. The van der Waals surface area contributed by atoms with E-state index in [-0.39, 0.29) is 11.0 Å². The molecule has 0 spiro atoms. The van der Waals surface area contributed by atoms with E-state index >= 15 is 0 Å². The molecule has 18 heavy (non-hydrogen) atoms. The lowest BCUT2D eigenvalue weighted by molar-refractivity contribution is -0.385. The van der Waals surface area contributed by atoms with Gasteiger partial charge in [0.2, 0.25) is 11.1 Å². The van der Waals surface area contributed by atoms with Gasteiger partial charge >= 0.3 is 5.69 Å². The van der Waals surface area contributed by atoms with Crippen LogP contribution in [-0.4, -0.2) is 28.0 Å². The highest BCUT2D eigenvalue weighted by Crippen LogP contribution is 2.29. The summed E-state index contributed by atoms with van der Waals surface area (Å²) in [7, 11) is 0. The van der Waals surface area contributed by atoms with E-state index in [0.29, 0.717) is 24.6 Å². The summed E-state index contributed by atoms with van der Waals surface area (Å²) in [5.74, 6) is 0.321. The number of anilines is 1. The molecule has 0 saturated heterocycles. The second-order valence-corrected chi connectivity index (χ2v) is 4.33. The molecule has 0 saturated carbocycles. The number of nitro groups is 1. The van der Waals surface area contributed by atoms with Gasteiger partial charge in [0, 0.05) is 13.1 Å². The minimum Gasteiger partial charge on any atom is -0.351 e. The molecule has 1 heterocycles. The fraction of sp³-hybridized carbons (Fsp3) is 0.636. The molecule has 0 N–H and O–H groups in total. The van der Waals surface area contributed by atoms with E-state index in [2.05, 4.69) is 9.97 Å². The van der Waals surface area contributed by atoms with Crippen LogP contribution in [0.1, 0.15) is 32.4 Å². The summed E-state index contributed by atoms with van der Waals surface area (Å²) in [6, 6.07) is 0. The molecule has 0 aliphatic carbocycles. The summed E-state index contributed by atoms with van der Waals surface area (Å²) in [6.45, 7) is 7.03. The molecule has 0 radical (unpaired) electrons. The van der Waals surface area contributed by atoms with Crippen molar-refractivity contribution in [2.24, 2.45) is 0 Å².